The number of hydrogen-bond donors (Lipinski definition) is 1. The second kappa shape index (κ2) is 14.1. The van der Waals surface area contributed by atoms with Crippen molar-refractivity contribution in [2.24, 2.45) is 0 Å². The number of hydrogen-bond acceptors (Lipinski definition) is 10. The van der Waals surface area contributed by atoms with Crippen molar-refractivity contribution >= 4 is 52.9 Å². The van der Waals surface area contributed by atoms with Crippen molar-refractivity contribution in [1.82, 2.24) is 34.7 Å². The number of nitrogens with zero attached hydrogens (tertiary/aromatic N) is 8. The summed E-state index contributed by atoms with van der Waals surface area (Å²) in [6.07, 6.45) is 6.82. The summed E-state index contributed by atoms with van der Waals surface area (Å²) >= 11 is 0. The van der Waals surface area contributed by atoms with E-state index in [9.17, 15) is 28.4 Å². The first kappa shape index (κ1) is 35.0. The van der Waals surface area contributed by atoms with E-state index in [4.69, 9.17) is 10.1 Å². The number of halogens is 1. The van der Waals surface area contributed by atoms with E-state index in [1.807, 2.05) is 36.4 Å². The fourth-order valence-electron chi connectivity index (χ4n) is 8.06. The second-order valence-electron chi connectivity index (χ2n) is 14.3. The molecule has 4 aliphatic rings. The number of pyridine rings is 1. The molecule has 5 aromatic rings. The zero-order valence-corrected chi connectivity index (χ0v) is 30.2. The van der Waals surface area contributed by atoms with Crippen LogP contribution in [0.5, 0.6) is 0 Å². The molecule has 56 heavy (non-hydrogen) atoms. The molecule has 7 heterocycles. The number of carbonyl (C=O) groups excluding carboxylic acids is 5. The normalized spacial score (nSPS) is 20.1. The smallest absolute Gasteiger partial charge is 0.262 e. The van der Waals surface area contributed by atoms with E-state index in [2.05, 4.69) is 20.1 Å². The number of anilines is 2. The molecule has 0 saturated carbocycles. The highest BCUT2D eigenvalue weighted by Gasteiger charge is 2.44. The summed E-state index contributed by atoms with van der Waals surface area (Å²) in [7, 11) is 0. The van der Waals surface area contributed by atoms with Gasteiger partial charge in [0, 0.05) is 45.2 Å². The Bertz CT molecular complexity index is 2470. The van der Waals surface area contributed by atoms with Gasteiger partial charge in [-0.05, 0) is 85.0 Å². The lowest BCUT2D eigenvalue weighted by atomic mass is 10.0. The van der Waals surface area contributed by atoms with Crippen LogP contribution in [0.2, 0.25) is 0 Å². The molecule has 3 aromatic heterocycles. The van der Waals surface area contributed by atoms with Crippen molar-refractivity contribution in [1.29, 1.82) is 0 Å². The summed E-state index contributed by atoms with van der Waals surface area (Å²) in [5, 5.41) is 7.17. The zero-order chi connectivity index (χ0) is 38.5. The summed E-state index contributed by atoms with van der Waals surface area (Å²) < 4.78 is 15.9. The van der Waals surface area contributed by atoms with Crippen LogP contribution in [0.25, 0.3) is 23.1 Å². The number of rotatable bonds is 7. The highest BCUT2D eigenvalue weighted by Crippen LogP contribution is 2.36. The molecule has 0 aliphatic carbocycles. The lowest BCUT2D eigenvalue weighted by molar-refractivity contribution is -0.136. The lowest BCUT2D eigenvalue weighted by Gasteiger charge is -2.35. The molecule has 4 aliphatic heterocycles. The molecule has 282 valence electrons. The van der Waals surface area contributed by atoms with Crippen molar-refractivity contribution in [3.8, 4) is 11.4 Å². The molecule has 2 aromatic carbocycles. The van der Waals surface area contributed by atoms with Crippen LogP contribution in [0.1, 0.15) is 63.6 Å². The minimum Gasteiger partial charge on any atom is -0.353 e. The van der Waals surface area contributed by atoms with E-state index in [1.165, 1.54) is 24.3 Å². The maximum Gasteiger partial charge on any atom is 0.262 e. The SMILES string of the molecule is O=C1CCC(N2C(=O)c3ccc(/C=C/C(=O)N4CCN(c5cccc(-c6cnc7ccc(N8CCCC8c8cccc(F)c8)nn67)n5)CC4)cc3C2=O)C(=O)N1. The summed E-state index contributed by atoms with van der Waals surface area (Å²) in [6, 6.07) is 20.2. The number of imide groups is 2. The maximum absolute atomic E-state index is 14.1. The van der Waals surface area contributed by atoms with Crippen LogP contribution in [0.4, 0.5) is 16.0 Å². The largest absolute Gasteiger partial charge is 0.353 e. The van der Waals surface area contributed by atoms with E-state index in [0.717, 1.165) is 47.2 Å². The molecule has 1 N–H and O–H groups in total. The van der Waals surface area contributed by atoms with Crippen molar-refractivity contribution < 1.29 is 28.4 Å². The molecular weight excluding hydrogens is 718 g/mol. The second-order valence-corrected chi connectivity index (χ2v) is 14.3. The van der Waals surface area contributed by atoms with Gasteiger partial charge in [-0.15, -0.1) is 5.10 Å². The predicted molar refractivity (Wildman–Crippen MR) is 203 cm³/mol. The van der Waals surface area contributed by atoms with E-state index in [1.54, 1.807) is 39.9 Å². The van der Waals surface area contributed by atoms with E-state index >= 15 is 0 Å². The van der Waals surface area contributed by atoms with Gasteiger partial charge in [0.15, 0.2) is 5.65 Å². The summed E-state index contributed by atoms with van der Waals surface area (Å²) in [6.45, 7) is 2.87. The first-order valence-corrected chi connectivity index (χ1v) is 18.6. The van der Waals surface area contributed by atoms with Crippen LogP contribution in [0.3, 0.4) is 0 Å². The Morgan fingerprint density at radius 1 is 0.821 bits per heavy atom. The topological polar surface area (TPSA) is 153 Å². The number of nitrogens with one attached hydrogen (secondary N) is 1. The Hall–Kier alpha value is -6.77. The average Bonchev–Trinajstić information content (AvgIpc) is 3.94. The Morgan fingerprint density at radius 3 is 2.46 bits per heavy atom. The van der Waals surface area contributed by atoms with Gasteiger partial charge in [-0.2, -0.15) is 0 Å². The van der Waals surface area contributed by atoms with Crippen LogP contribution in [-0.4, -0.2) is 97.7 Å². The molecule has 0 radical (unpaired) electrons. The Kier molecular flexibility index (Phi) is 8.83. The first-order chi connectivity index (χ1) is 27.2. The summed E-state index contributed by atoms with van der Waals surface area (Å²) in [5.41, 5.74) is 3.95. The summed E-state index contributed by atoms with van der Waals surface area (Å²) in [4.78, 5) is 80.0. The molecular formula is C41H36FN9O5. The van der Waals surface area contributed by atoms with Crippen LogP contribution in [-0.2, 0) is 14.4 Å². The molecule has 3 saturated heterocycles. The number of piperazine rings is 1. The number of fused-ring (bicyclic) bond motifs is 2. The van der Waals surface area contributed by atoms with Crippen LogP contribution in [0.15, 0.2) is 85.1 Å². The highest BCUT2D eigenvalue weighted by molar-refractivity contribution is 6.23. The van der Waals surface area contributed by atoms with Crippen molar-refractivity contribution in [2.45, 2.75) is 37.8 Å². The molecule has 5 amide bonds. The van der Waals surface area contributed by atoms with Gasteiger partial charge in [0.2, 0.25) is 17.7 Å². The third kappa shape index (κ3) is 6.33. The van der Waals surface area contributed by atoms with Gasteiger partial charge < -0.3 is 14.7 Å². The van der Waals surface area contributed by atoms with Gasteiger partial charge in [0.1, 0.15) is 29.2 Å². The van der Waals surface area contributed by atoms with E-state index in [-0.39, 0.29) is 41.7 Å². The fraction of sp³-hybridized carbons (Fsp3) is 0.268. The predicted octanol–water partition coefficient (Wildman–Crippen LogP) is 4.04. The van der Waals surface area contributed by atoms with Gasteiger partial charge in [0.25, 0.3) is 11.8 Å². The minimum absolute atomic E-state index is 0.0294. The third-order valence-electron chi connectivity index (χ3n) is 10.9. The van der Waals surface area contributed by atoms with Crippen molar-refractivity contribution in [2.75, 3.05) is 42.5 Å². The molecule has 14 nitrogen and oxygen atoms in total. The molecule has 15 heteroatoms. The van der Waals surface area contributed by atoms with Gasteiger partial charge >= 0.3 is 0 Å². The number of benzene rings is 2. The monoisotopic (exact) mass is 753 g/mol. The lowest BCUT2D eigenvalue weighted by Crippen LogP contribution is -2.54. The zero-order valence-electron chi connectivity index (χ0n) is 30.2. The summed E-state index contributed by atoms with van der Waals surface area (Å²) in [5.74, 6) is -1.17. The van der Waals surface area contributed by atoms with Gasteiger partial charge in [-0.25, -0.2) is 18.9 Å². The van der Waals surface area contributed by atoms with Gasteiger partial charge in [-0.3, -0.25) is 34.2 Å². The molecule has 9 rings (SSSR count). The highest BCUT2D eigenvalue weighted by atomic mass is 19.1. The quantitative estimate of drug-likeness (QED) is 0.191. The van der Waals surface area contributed by atoms with Crippen LogP contribution in [0, 0.1) is 5.82 Å². The van der Waals surface area contributed by atoms with E-state index in [0.29, 0.717) is 43.1 Å². The average molecular weight is 754 g/mol. The van der Waals surface area contributed by atoms with Crippen LogP contribution < -0.4 is 15.1 Å². The Labute approximate surface area is 320 Å². The van der Waals surface area contributed by atoms with Gasteiger partial charge in [-0.1, -0.05) is 24.3 Å². The van der Waals surface area contributed by atoms with Gasteiger partial charge in [0.05, 0.1) is 29.1 Å². The molecule has 3 fully saturated rings. The molecule has 0 spiro atoms. The minimum atomic E-state index is -1.04. The number of imidazole rings is 1. The third-order valence-corrected chi connectivity index (χ3v) is 10.9. The number of piperidine rings is 1. The Balaban J connectivity index is 0.852. The number of aromatic nitrogens is 4. The van der Waals surface area contributed by atoms with Crippen molar-refractivity contribution in [3.63, 3.8) is 0 Å². The van der Waals surface area contributed by atoms with Crippen molar-refractivity contribution in [3.05, 3.63) is 113 Å². The number of amides is 5. The molecule has 0 bridgehead atoms. The number of carbonyl (C=O) groups is 5. The molecule has 2 unspecified atom stereocenters. The fourth-order valence-corrected chi connectivity index (χ4v) is 8.06. The maximum atomic E-state index is 14.1. The molecule has 2 atom stereocenters. The van der Waals surface area contributed by atoms with Crippen LogP contribution >= 0.6 is 0 Å². The first-order valence-electron chi connectivity index (χ1n) is 18.6. The van der Waals surface area contributed by atoms with E-state index < -0.39 is 29.7 Å². The Morgan fingerprint density at radius 2 is 1.64 bits per heavy atom. The standard InChI is InChI=1S/C41H36FN9O5/c42-27-5-1-4-26(23-27)31-7-3-17-49(31)36-14-13-34-43-24-33(51(34)46-36)30-6-2-8-35(44-30)47-18-20-48(21-19-47)38(53)16-10-25-9-11-28-29(22-25)41(56)50(40(28)55)32-12-15-37(52)45-39(32)54/h1-2,4-6,8-11,13-14,16,22-24,31-32H,3,7,12,15,17-21H2,(H,45,52,54)/b16-10+.